The lowest BCUT2D eigenvalue weighted by Gasteiger charge is -2.30. The molecule has 4 unspecified atom stereocenters. The van der Waals surface area contributed by atoms with Gasteiger partial charge in [-0.3, -0.25) is 19.3 Å². The molecule has 1 saturated heterocycles. The van der Waals surface area contributed by atoms with Gasteiger partial charge in [0.05, 0.1) is 52.4 Å². The number of alkyl carbamates (subject to hydrolysis) is 1. The molecule has 3 N–H and O–H groups in total. The molecule has 3 aromatic heterocycles. The summed E-state index contributed by atoms with van der Waals surface area (Å²) in [5.41, 5.74) is 4.00. The van der Waals surface area contributed by atoms with E-state index in [-0.39, 0.29) is 30.0 Å². The van der Waals surface area contributed by atoms with Gasteiger partial charge in [0.2, 0.25) is 12.1 Å². The number of fused-ring (bicyclic) bond motifs is 6. The van der Waals surface area contributed by atoms with Crippen molar-refractivity contribution in [1.82, 2.24) is 35.0 Å². The number of carbonyl (C=O) groups is 3. The van der Waals surface area contributed by atoms with Gasteiger partial charge in [0, 0.05) is 53.3 Å². The first-order chi connectivity index (χ1) is 31.5. The average molecular weight is 921 g/mol. The number of nitrogens with zero attached hydrogens (tertiary/aromatic N) is 5. The zero-order valence-corrected chi connectivity index (χ0v) is 40.1. The average Bonchev–Trinajstić information content (AvgIpc) is 3.91. The number of aromatic nitrogens is 3. The number of imidazole rings is 1. The highest BCUT2D eigenvalue weighted by Crippen LogP contribution is 2.58. The van der Waals surface area contributed by atoms with Crippen LogP contribution >= 0.6 is 11.3 Å². The molecule has 3 aliphatic rings. The predicted octanol–water partition coefficient (Wildman–Crippen LogP) is 9.92. The van der Waals surface area contributed by atoms with E-state index in [1.165, 1.54) is 24.3 Å². The van der Waals surface area contributed by atoms with Gasteiger partial charge >= 0.3 is 12.2 Å². The van der Waals surface area contributed by atoms with Gasteiger partial charge in [0.25, 0.3) is 0 Å². The quantitative estimate of drug-likeness (QED) is 0.0877. The van der Waals surface area contributed by atoms with Crippen LogP contribution in [-0.4, -0.2) is 93.6 Å². The molecule has 1 saturated carbocycles. The molecular formula is C50H61FN8O6S. The number of rotatable bonds is 15. The number of hydrogen-bond donors (Lipinski definition) is 3. The minimum atomic E-state index is -0.763. The largest absolute Gasteiger partial charge is 0.464 e. The van der Waals surface area contributed by atoms with Gasteiger partial charge in [0.15, 0.2) is 0 Å². The van der Waals surface area contributed by atoms with E-state index in [4.69, 9.17) is 19.2 Å². The second-order valence-electron chi connectivity index (χ2n) is 18.8. The van der Waals surface area contributed by atoms with Crippen LogP contribution in [0.15, 0.2) is 65.9 Å². The number of amides is 3. The molecule has 350 valence electrons. The number of nitrogens with one attached hydrogen (secondary N) is 3. The molecule has 3 amide bonds. The Kier molecular flexibility index (Phi) is 13.1. The normalized spacial score (nSPS) is 20.3. The van der Waals surface area contributed by atoms with Crippen molar-refractivity contribution in [1.29, 1.82) is 0 Å². The topological polar surface area (TPSA) is 155 Å². The van der Waals surface area contributed by atoms with Crippen molar-refractivity contribution in [3.8, 4) is 28.3 Å². The summed E-state index contributed by atoms with van der Waals surface area (Å²) in [6, 6.07) is 14.8. The van der Waals surface area contributed by atoms with E-state index in [2.05, 4.69) is 63.9 Å². The van der Waals surface area contributed by atoms with Crippen LogP contribution in [0.5, 0.6) is 5.75 Å². The minimum absolute atomic E-state index is 0.145. The van der Waals surface area contributed by atoms with Crippen LogP contribution < -0.4 is 15.4 Å². The summed E-state index contributed by atoms with van der Waals surface area (Å²) in [6.45, 7) is 20.4. The van der Waals surface area contributed by atoms with Gasteiger partial charge in [-0.05, 0) is 107 Å². The monoisotopic (exact) mass is 920 g/mol. The van der Waals surface area contributed by atoms with Crippen LogP contribution in [-0.2, 0) is 20.7 Å². The second kappa shape index (κ2) is 18.6. The number of aliphatic imine (C=N–C) groups is 1. The lowest BCUT2D eigenvalue weighted by molar-refractivity contribution is -0.134. The van der Waals surface area contributed by atoms with E-state index >= 15 is 4.39 Å². The number of halogens is 1. The Bertz CT molecular complexity index is 2680. The molecule has 0 spiro atoms. The van der Waals surface area contributed by atoms with E-state index in [1.807, 2.05) is 76.9 Å². The fraction of sp³-hybridized carbons (Fsp3) is 0.460. The second-order valence-corrected chi connectivity index (χ2v) is 20.0. The van der Waals surface area contributed by atoms with Crippen LogP contribution in [0.3, 0.4) is 0 Å². The third-order valence-corrected chi connectivity index (χ3v) is 14.1. The summed E-state index contributed by atoms with van der Waals surface area (Å²) >= 11 is 1.66. The number of ether oxygens (including phenoxy) is 3. The van der Waals surface area contributed by atoms with Crippen molar-refractivity contribution in [3.63, 3.8) is 0 Å². The van der Waals surface area contributed by atoms with Crippen LogP contribution in [0.25, 0.3) is 39.1 Å². The highest BCUT2D eigenvalue weighted by molar-refractivity contribution is 7.12. The van der Waals surface area contributed by atoms with Gasteiger partial charge < -0.3 is 34.7 Å². The summed E-state index contributed by atoms with van der Waals surface area (Å²) in [7, 11) is 1.27. The molecule has 5 heterocycles. The van der Waals surface area contributed by atoms with E-state index < -0.39 is 29.8 Å². The van der Waals surface area contributed by atoms with Crippen molar-refractivity contribution in [2.24, 2.45) is 22.7 Å². The molecule has 16 heteroatoms. The first-order valence-corrected chi connectivity index (χ1v) is 23.7. The van der Waals surface area contributed by atoms with Gasteiger partial charge in [-0.1, -0.05) is 40.7 Å². The first-order valence-electron chi connectivity index (χ1n) is 22.9. The maximum atomic E-state index is 16.9. The summed E-state index contributed by atoms with van der Waals surface area (Å²) < 4.78 is 36.4. The fourth-order valence-electron chi connectivity index (χ4n) is 9.52. The zero-order chi connectivity index (χ0) is 47.2. The number of aromatic amines is 1. The molecule has 0 bridgehead atoms. The van der Waals surface area contributed by atoms with Crippen LogP contribution in [0.2, 0.25) is 0 Å². The fourth-order valence-corrected chi connectivity index (χ4v) is 10.5. The molecule has 5 aromatic rings. The third-order valence-electron chi connectivity index (χ3n) is 12.8. The number of thiophene rings is 1. The van der Waals surface area contributed by atoms with E-state index in [0.29, 0.717) is 66.2 Å². The molecule has 2 aliphatic heterocycles. The molecular weight excluding hydrogens is 860 g/mol. The van der Waals surface area contributed by atoms with E-state index in [0.717, 1.165) is 45.7 Å². The Hall–Kier alpha value is -6.16. The van der Waals surface area contributed by atoms with Gasteiger partial charge in [0.1, 0.15) is 29.0 Å². The number of likely N-dealkylation sites (tertiary alicyclic amines) is 1. The van der Waals surface area contributed by atoms with Crippen LogP contribution in [0.4, 0.5) is 14.0 Å². The zero-order valence-electron chi connectivity index (χ0n) is 39.2. The van der Waals surface area contributed by atoms with Crippen molar-refractivity contribution in [3.05, 3.63) is 87.9 Å². The van der Waals surface area contributed by atoms with Crippen molar-refractivity contribution in [2.75, 3.05) is 26.7 Å². The van der Waals surface area contributed by atoms with Gasteiger partial charge in [-0.25, -0.2) is 19.0 Å². The molecule has 1 aliphatic carbocycles. The molecule has 2 aromatic carbocycles. The first kappa shape index (κ1) is 46.4. The smallest absolute Gasteiger partial charge is 0.411 e. The Morgan fingerprint density at radius 3 is 2.61 bits per heavy atom. The summed E-state index contributed by atoms with van der Waals surface area (Å²) in [6.07, 6.45) is 4.19. The number of piperidine rings is 1. The van der Waals surface area contributed by atoms with Crippen molar-refractivity contribution < 1.29 is 33.0 Å². The maximum absolute atomic E-state index is 16.9. The molecule has 14 nitrogen and oxygen atoms in total. The summed E-state index contributed by atoms with van der Waals surface area (Å²) in [4.78, 5) is 57.3. The molecule has 2 fully saturated rings. The number of hydrogen-bond acceptors (Lipinski definition) is 10. The Balaban J connectivity index is 1.09. The number of H-pyrrole nitrogens is 1. The highest BCUT2D eigenvalue weighted by atomic mass is 32.1. The minimum Gasteiger partial charge on any atom is -0.464 e. The summed E-state index contributed by atoms with van der Waals surface area (Å²) in [5, 5.41) is 6.92. The Labute approximate surface area is 389 Å². The third kappa shape index (κ3) is 9.03. The van der Waals surface area contributed by atoms with Crippen LogP contribution in [0, 0.1) is 23.6 Å². The SMILES string of the molecule is C=N/C=C(\NCCN(CCC)C(=O)C(NC(=O)OC)C(C)C)c1cc(F)c2c(c1)OC(c1ccc(CC)s1)n1c-2cc2cc(-c3cnc([C@@H]4CC5C([C@@H]5C)N4C(=O)OC(C)(C)C)[nH]3)ccc21. The maximum Gasteiger partial charge on any atom is 0.411 e. The van der Waals surface area contributed by atoms with Crippen LogP contribution in [0.1, 0.15) is 102 Å². The lowest BCUT2D eigenvalue weighted by Crippen LogP contribution is -2.52. The molecule has 8 rings (SSSR count). The standard InChI is InChI=1S/C50H61FN8O6S/c1-11-18-57(46(60)43(27(3)4)56-48(61)63-10)19-17-53-35(25-52-9)30-21-34(51)42-38-22-31-20-29(13-15-37(31)58(38)47(64-40(42)23-30)41-16-14-32(12-2)66-41)36-26-54-45(55-36)39-24-33-28(5)44(33)59(39)49(62)65-50(6,7)8/h13-16,20-23,25-28,33,39,43-44,47,53H,9,11-12,17-19,24H2,1-8,10H3,(H,54,55)(H,56,61)/b35-25-/t28-,33?,39+,43?,44?,47?/m1/s1. The Morgan fingerprint density at radius 1 is 1.14 bits per heavy atom. The molecule has 66 heavy (non-hydrogen) atoms. The molecule has 6 atom stereocenters. The number of carbonyl (C=O) groups excluding carboxylic acids is 3. The Morgan fingerprint density at radius 2 is 1.92 bits per heavy atom. The lowest BCUT2D eigenvalue weighted by atomic mass is 10.0. The summed E-state index contributed by atoms with van der Waals surface area (Å²) in [5.74, 6) is 1.09. The van der Waals surface area contributed by atoms with Crippen molar-refractivity contribution in [2.45, 2.75) is 105 Å². The van der Waals surface area contributed by atoms with Crippen molar-refractivity contribution >= 4 is 52.7 Å². The molecule has 0 radical (unpaired) electrons. The number of aryl methyl sites for hydroxylation is 1. The van der Waals surface area contributed by atoms with Gasteiger partial charge in [-0.2, -0.15) is 0 Å². The highest BCUT2D eigenvalue weighted by Gasteiger charge is 2.61. The van der Waals surface area contributed by atoms with E-state index in [9.17, 15) is 14.4 Å². The number of methoxy groups -OCH3 is 1. The predicted molar refractivity (Wildman–Crippen MR) is 256 cm³/mol. The van der Waals surface area contributed by atoms with Gasteiger partial charge in [-0.15, -0.1) is 11.3 Å². The van der Waals surface area contributed by atoms with E-state index in [1.54, 1.807) is 16.2 Å². The number of benzene rings is 2.